The Hall–Kier alpha value is -1.39. The molecule has 1 atom stereocenters. The maximum Gasteiger partial charge on any atom is 0.230 e. The van der Waals surface area contributed by atoms with Gasteiger partial charge in [0.15, 0.2) is 0 Å². The zero-order chi connectivity index (χ0) is 16.1. The first-order valence-corrected chi connectivity index (χ1v) is 8.80. The molecule has 0 aromatic heterocycles. The average Bonchev–Trinajstić information content (AvgIpc) is 2.99. The maximum atomic E-state index is 12.8. The second kappa shape index (κ2) is 7.45. The fraction of sp³-hybridized carbons (Fsp3) is 0.632. The van der Waals surface area contributed by atoms with Crippen molar-refractivity contribution in [3.63, 3.8) is 0 Å². The van der Waals surface area contributed by atoms with Crippen molar-refractivity contribution in [2.45, 2.75) is 31.1 Å². The number of likely N-dealkylation sites (tertiary alicyclic amines) is 1. The van der Waals surface area contributed by atoms with Crippen molar-refractivity contribution >= 4 is 5.91 Å². The van der Waals surface area contributed by atoms with Gasteiger partial charge >= 0.3 is 0 Å². The number of nitrogens with zero attached hydrogens (tertiary/aromatic N) is 1. The van der Waals surface area contributed by atoms with Crippen LogP contribution in [0.3, 0.4) is 0 Å². The smallest absolute Gasteiger partial charge is 0.230 e. The third-order valence-electron chi connectivity index (χ3n) is 5.50. The predicted molar refractivity (Wildman–Crippen MR) is 91.4 cm³/mol. The maximum absolute atomic E-state index is 12.8. The highest BCUT2D eigenvalue weighted by atomic mass is 16.5. The van der Waals surface area contributed by atoms with E-state index in [0.717, 1.165) is 52.0 Å². The molecule has 0 bridgehead atoms. The number of carbonyl (C=O) groups excluding carboxylic acids is 1. The zero-order valence-electron chi connectivity index (χ0n) is 14.1. The van der Waals surface area contributed by atoms with Gasteiger partial charge in [0.25, 0.3) is 0 Å². The fourth-order valence-electron chi connectivity index (χ4n) is 3.84. The molecule has 1 aliphatic carbocycles. The van der Waals surface area contributed by atoms with Crippen molar-refractivity contribution in [2.24, 2.45) is 5.92 Å². The summed E-state index contributed by atoms with van der Waals surface area (Å²) in [5, 5.41) is 3.25. The summed E-state index contributed by atoms with van der Waals surface area (Å²) in [5.74, 6) is 0.800. The quantitative estimate of drug-likeness (QED) is 0.838. The summed E-state index contributed by atoms with van der Waals surface area (Å²) in [6.07, 6.45) is 4.28. The third kappa shape index (κ3) is 3.59. The van der Waals surface area contributed by atoms with Gasteiger partial charge in [0.1, 0.15) is 0 Å². The molecule has 0 unspecified atom stereocenters. The number of nitrogens with one attached hydrogen (secondary N) is 1. The van der Waals surface area contributed by atoms with E-state index < -0.39 is 0 Å². The first-order chi connectivity index (χ1) is 11.2. The summed E-state index contributed by atoms with van der Waals surface area (Å²) in [6, 6.07) is 10.3. The van der Waals surface area contributed by atoms with E-state index in [0.29, 0.717) is 5.92 Å². The number of hydrogen-bond donors (Lipinski definition) is 1. The Bertz CT molecular complexity index is 513. The van der Waals surface area contributed by atoms with Crippen LogP contribution in [0.1, 0.15) is 31.2 Å². The third-order valence-corrected chi connectivity index (χ3v) is 5.50. The largest absolute Gasteiger partial charge is 0.383 e. The first kappa shape index (κ1) is 16.5. The van der Waals surface area contributed by atoms with Gasteiger partial charge in [-0.2, -0.15) is 0 Å². The molecule has 1 aromatic carbocycles. The molecule has 1 saturated carbocycles. The molecule has 23 heavy (non-hydrogen) atoms. The number of benzene rings is 1. The molecule has 126 valence electrons. The highest BCUT2D eigenvalue weighted by Gasteiger charge is 2.45. The Balaban J connectivity index is 1.51. The van der Waals surface area contributed by atoms with Crippen LogP contribution in [-0.4, -0.2) is 50.7 Å². The first-order valence-electron chi connectivity index (χ1n) is 8.80. The molecule has 1 aromatic rings. The molecule has 1 N–H and O–H groups in total. The Morgan fingerprint density at radius 2 is 2.13 bits per heavy atom. The topological polar surface area (TPSA) is 41.6 Å². The minimum Gasteiger partial charge on any atom is -0.383 e. The molecule has 4 nitrogen and oxygen atoms in total. The fourth-order valence-corrected chi connectivity index (χ4v) is 3.84. The molecule has 1 saturated heterocycles. The van der Waals surface area contributed by atoms with Gasteiger partial charge in [-0.3, -0.25) is 4.79 Å². The SMILES string of the molecule is COCCN1CC[C@H](CNC(=O)C2(c3ccccc3)CCC2)C1. The normalized spacial score (nSPS) is 23.4. The summed E-state index contributed by atoms with van der Waals surface area (Å²) < 4.78 is 5.14. The van der Waals surface area contributed by atoms with Gasteiger partial charge in [0.2, 0.25) is 5.91 Å². The van der Waals surface area contributed by atoms with E-state index in [4.69, 9.17) is 4.74 Å². The van der Waals surface area contributed by atoms with Crippen molar-refractivity contribution < 1.29 is 9.53 Å². The van der Waals surface area contributed by atoms with E-state index in [-0.39, 0.29) is 11.3 Å². The molecule has 2 fully saturated rings. The van der Waals surface area contributed by atoms with Crippen molar-refractivity contribution in [2.75, 3.05) is 39.9 Å². The van der Waals surface area contributed by atoms with E-state index in [1.165, 1.54) is 12.0 Å². The van der Waals surface area contributed by atoms with Crippen LogP contribution >= 0.6 is 0 Å². The molecule has 1 heterocycles. The average molecular weight is 316 g/mol. The van der Waals surface area contributed by atoms with E-state index in [1.54, 1.807) is 7.11 Å². The van der Waals surface area contributed by atoms with Crippen LogP contribution in [0.15, 0.2) is 30.3 Å². The number of methoxy groups -OCH3 is 1. The van der Waals surface area contributed by atoms with Crippen LogP contribution in [0.5, 0.6) is 0 Å². The minimum atomic E-state index is -0.268. The molecule has 0 radical (unpaired) electrons. The Kier molecular flexibility index (Phi) is 5.34. The van der Waals surface area contributed by atoms with E-state index in [9.17, 15) is 4.79 Å². The number of carbonyl (C=O) groups is 1. The highest BCUT2D eigenvalue weighted by molar-refractivity contribution is 5.89. The number of amides is 1. The predicted octanol–water partition coefficient (Wildman–Crippen LogP) is 2.19. The second-order valence-corrected chi connectivity index (χ2v) is 6.96. The van der Waals surface area contributed by atoms with Crippen molar-refractivity contribution in [3.05, 3.63) is 35.9 Å². The molecule has 4 heteroatoms. The van der Waals surface area contributed by atoms with Gasteiger partial charge in [-0.15, -0.1) is 0 Å². The monoisotopic (exact) mass is 316 g/mol. The standard InChI is InChI=1S/C19H28N2O2/c1-23-13-12-21-11-8-16(15-21)14-20-18(22)19(9-5-10-19)17-6-3-2-4-7-17/h2-4,6-7,16H,5,8-15H2,1H3,(H,20,22)/t16-/m1/s1. The molecule has 1 aliphatic heterocycles. The van der Waals surface area contributed by atoms with Gasteiger partial charge in [0.05, 0.1) is 12.0 Å². The van der Waals surface area contributed by atoms with E-state index in [2.05, 4.69) is 22.3 Å². The van der Waals surface area contributed by atoms with Crippen molar-refractivity contribution in [1.82, 2.24) is 10.2 Å². The summed E-state index contributed by atoms with van der Waals surface area (Å²) in [7, 11) is 1.75. The summed E-state index contributed by atoms with van der Waals surface area (Å²) in [6.45, 7) is 4.78. The van der Waals surface area contributed by atoms with Crippen LogP contribution in [0, 0.1) is 5.92 Å². The summed E-state index contributed by atoms with van der Waals surface area (Å²) >= 11 is 0. The number of rotatable bonds is 7. The highest BCUT2D eigenvalue weighted by Crippen LogP contribution is 2.43. The van der Waals surface area contributed by atoms with E-state index >= 15 is 0 Å². The molecular weight excluding hydrogens is 288 g/mol. The van der Waals surface area contributed by atoms with Crippen LogP contribution in [0.2, 0.25) is 0 Å². The van der Waals surface area contributed by atoms with Crippen LogP contribution in [-0.2, 0) is 14.9 Å². The van der Waals surface area contributed by atoms with Gasteiger partial charge in [-0.1, -0.05) is 36.8 Å². The van der Waals surface area contributed by atoms with Gasteiger partial charge in [0, 0.05) is 26.7 Å². The van der Waals surface area contributed by atoms with E-state index in [1.807, 2.05) is 18.2 Å². The lowest BCUT2D eigenvalue weighted by Gasteiger charge is -2.41. The van der Waals surface area contributed by atoms with Crippen LogP contribution in [0.25, 0.3) is 0 Å². The minimum absolute atomic E-state index is 0.227. The van der Waals surface area contributed by atoms with Crippen LogP contribution in [0.4, 0.5) is 0 Å². The molecular formula is C19H28N2O2. The van der Waals surface area contributed by atoms with Crippen LogP contribution < -0.4 is 5.32 Å². The Morgan fingerprint density at radius 3 is 2.78 bits per heavy atom. The van der Waals surface area contributed by atoms with Crippen molar-refractivity contribution in [1.29, 1.82) is 0 Å². The molecule has 3 rings (SSSR count). The Morgan fingerprint density at radius 1 is 1.35 bits per heavy atom. The molecule has 2 aliphatic rings. The lowest BCUT2D eigenvalue weighted by Crippen LogP contribution is -2.50. The van der Waals surface area contributed by atoms with Gasteiger partial charge < -0.3 is 15.0 Å². The lowest BCUT2D eigenvalue weighted by molar-refractivity contribution is -0.130. The summed E-state index contributed by atoms with van der Waals surface area (Å²) in [4.78, 5) is 15.2. The Labute approximate surface area is 139 Å². The van der Waals surface area contributed by atoms with Crippen molar-refractivity contribution in [3.8, 4) is 0 Å². The van der Waals surface area contributed by atoms with Gasteiger partial charge in [-0.25, -0.2) is 0 Å². The second-order valence-electron chi connectivity index (χ2n) is 6.96. The number of ether oxygens (including phenoxy) is 1. The zero-order valence-corrected chi connectivity index (χ0v) is 14.1. The molecule has 0 spiro atoms. The van der Waals surface area contributed by atoms with Gasteiger partial charge in [-0.05, 0) is 37.3 Å². The summed E-state index contributed by atoms with van der Waals surface area (Å²) in [5.41, 5.74) is 0.909. The lowest BCUT2D eigenvalue weighted by atomic mass is 9.64. The molecule has 1 amide bonds. The number of hydrogen-bond acceptors (Lipinski definition) is 3.